The van der Waals surface area contributed by atoms with Crippen molar-refractivity contribution in [3.8, 4) is 0 Å². The molecular formula is C17H17NO. The highest BCUT2D eigenvalue weighted by molar-refractivity contribution is 6.19. The zero-order chi connectivity index (χ0) is 13.7. The quantitative estimate of drug-likeness (QED) is 0.771. The van der Waals surface area contributed by atoms with Crippen molar-refractivity contribution in [1.82, 2.24) is 0 Å². The number of hydrogen-bond donors (Lipinski definition) is 0. The molecule has 2 aromatic carbocycles. The lowest BCUT2D eigenvalue weighted by atomic mass is 10.0. The van der Waals surface area contributed by atoms with E-state index in [1.165, 1.54) is 0 Å². The van der Waals surface area contributed by atoms with E-state index in [4.69, 9.17) is 0 Å². The van der Waals surface area contributed by atoms with Gasteiger partial charge in [0, 0.05) is 24.5 Å². The van der Waals surface area contributed by atoms with Crippen molar-refractivity contribution in [3.05, 3.63) is 72.4 Å². The topological polar surface area (TPSA) is 20.3 Å². The van der Waals surface area contributed by atoms with Gasteiger partial charge in [-0.25, -0.2) is 0 Å². The van der Waals surface area contributed by atoms with Crippen molar-refractivity contribution in [2.24, 2.45) is 0 Å². The van der Waals surface area contributed by atoms with Gasteiger partial charge in [0.15, 0.2) is 5.78 Å². The number of para-hydroxylation sites is 1. The number of ketones is 1. The largest absolute Gasteiger partial charge is 0.350 e. The summed E-state index contributed by atoms with van der Waals surface area (Å²) in [5.74, 6) is 0.0639. The van der Waals surface area contributed by atoms with E-state index >= 15 is 0 Å². The standard InChI is InChI=1S/C17H17NO/c1-14(19)17(15-9-5-3-6-10-15)13-18(2)16-11-7-4-8-12-16/h3-13H,1-2H3/b17-13-. The fourth-order valence-electron chi connectivity index (χ4n) is 1.92. The molecule has 0 heterocycles. The maximum Gasteiger partial charge on any atom is 0.161 e. The molecule has 0 N–H and O–H groups in total. The Labute approximate surface area is 114 Å². The highest BCUT2D eigenvalue weighted by Gasteiger charge is 2.08. The summed E-state index contributed by atoms with van der Waals surface area (Å²) >= 11 is 0. The fraction of sp³-hybridized carbons (Fsp3) is 0.118. The summed E-state index contributed by atoms with van der Waals surface area (Å²) in [6.07, 6.45) is 1.88. The van der Waals surface area contributed by atoms with Crippen molar-refractivity contribution in [1.29, 1.82) is 0 Å². The van der Waals surface area contributed by atoms with E-state index in [2.05, 4.69) is 0 Å². The van der Waals surface area contributed by atoms with Gasteiger partial charge in [-0.2, -0.15) is 0 Å². The van der Waals surface area contributed by atoms with Crippen molar-refractivity contribution in [3.63, 3.8) is 0 Å². The first-order valence-corrected chi connectivity index (χ1v) is 6.24. The summed E-state index contributed by atoms with van der Waals surface area (Å²) in [5.41, 5.74) is 2.71. The number of rotatable bonds is 4. The second kappa shape index (κ2) is 6.01. The van der Waals surface area contributed by atoms with E-state index in [0.29, 0.717) is 5.57 Å². The highest BCUT2D eigenvalue weighted by Crippen LogP contribution is 2.19. The van der Waals surface area contributed by atoms with Crippen LogP contribution < -0.4 is 4.90 Å². The molecule has 0 aliphatic rings. The van der Waals surface area contributed by atoms with Gasteiger partial charge >= 0.3 is 0 Å². The van der Waals surface area contributed by atoms with Gasteiger partial charge in [-0.1, -0.05) is 48.5 Å². The molecule has 19 heavy (non-hydrogen) atoms. The van der Waals surface area contributed by atoms with Gasteiger partial charge < -0.3 is 4.90 Å². The van der Waals surface area contributed by atoms with Crippen LogP contribution in [0.2, 0.25) is 0 Å². The van der Waals surface area contributed by atoms with Crippen LogP contribution in [0.3, 0.4) is 0 Å². The van der Waals surface area contributed by atoms with Gasteiger partial charge in [-0.05, 0) is 24.6 Å². The minimum Gasteiger partial charge on any atom is -0.350 e. The molecule has 0 radical (unpaired) electrons. The van der Waals surface area contributed by atoms with Crippen LogP contribution in [0, 0.1) is 0 Å². The Bertz CT molecular complexity index is 573. The van der Waals surface area contributed by atoms with Crippen LogP contribution in [0.4, 0.5) is 5.69 Å². The van der Waals surface area contributed by atoms with Crippen LogP contribution in [0.1, 0.15) is 12.5 Å². The first-order valence-electron chi connectivity index (χ1n) is 6.24. The number of carbonyl (C=O) groups is 1. The molecule has 0 spiro atoms. The molecule has 0 aliphatic heterocycles. The molecule has 2 nitrogen and oxygen atoms in total. The predicted octanol–water partition coefficient (Wildman–Crippen LogP) is 3.75. The molecule has 0 fully saturated rings. The molecule has 0 bridgehead atoms. The molecule has 0 amide bonds. The minimum atomic E-state index is 0.0639. The second-order valence-electron chi connectivity index (χ2n) is 4.41. The van der Waals surface area contributed by atoms with Crippen LogP contribution in [-0.2, 0) is 4.79 Å². The third kappa shape index (κ3) is 3.32. The van der Waals surface area contributed by atoms with E-state index < -0.39 is 0 Å². The number of nitrogens with zero attached hydrogens (tertiary/aromatic N) is 1. The van der Waals surface area contributed by atoms with Gasteiger partial charge in [0.1, 0.15) is 0 Å². The Kier molecular flexibility index (Phi) is 4.14. The molecule has 2 rings (SSSR count). The van der Waals surface area contributed by atoms with Crippen molar-refractivity contribution < 1.29 is 4.79 Å². The number of hydrogen-bond acceptors (Lipinski definition) is 2. The van der Waals surface area contributed by atoms with E-state index in [1.807, 2.05) is 78.8 Å². The summed E-state index contributed by atoms with van der Waals surface area (Å²) in [6.45, 7) is 1.59. The summed E-state index contributed by atoms with van der Waals surface area (Å²) in [5, 5.41) is 0. The van der Waals surface area contributed by atoms with Crippen molar-refractivity contribution in [2.45, 2.75) is 6.92 Å². The normalized spacial score (nSPS) is 11.2. The number of allylic oxidation sites excluding steroid dienone is 1. The summed E-state index contributed by atoms with van der Waals surface area (Å²) in [7, 11) is 1.95. The van der Waals surface area contributed by atoms with E-state index in [1.54, 1.807) is 6.92 Å². The minimum absolute atomic E-state index is 0.0639. The lowest BCUT2D eigenvalue weighted by Crippen LogP contribution is -2.11. The molecule has 2 aromatic rings. The summed E-state index contributed by atoms with van der Waals surface area (Å²) in [4.78, 5) is 13.8. The maximum atomic E-state index is 11.8. The molecule has 0 saturated heterocycles. The predicted molar refractivity (Wildman–Crippen MR) is 79.9 cm³/mol. The number of benzene rings is 2. The third-order valence-corrected chi connectivity index (χ3v) is 2.95. The van der Waals surface area contributed by atoms with E-state index in [9.17, 15) is 4.79 Å². The molecule has 0 saturated carbocycles. The Morgan fingerprint density at radius 3 is 2.00 bits per heavy atom. The molecule has 0 atom stereocenters. The summed E-state index contributed by atoms with van der Waals surface area (Å²) < 4.78 is 0. The molecule has 2 heteroatoms. The van der Waals surface area contributed by atoms with Gasteiger partial charge in [-0.15, -0.1) is 0 Å². The maximum absolute atomic E-state index is 11.8. The second-order valence-corrected chi connectivity index (χ2v) is 4.41. The molecular weight excluding hydrogens is 234 g/mol. The van der Waals surface area contributed by atoms with E-state index in [0.717, 1.165) is 11.3 Å². The van der Waals surface area contributed by atoms with Crippen LogP contribution in [0.5, 0.6) is 0 Å². The van der Waals surface area contributed by atoms with Gasteiger partial charge in [0.05, 0.1) is 0 Å². The average Bonchev–Trinajstić information content (AvgIpc) is 2.46. The smallest absolute Gasteiger partial charge is 0.161 e. The monoisotopic (exact) mass is 251 g/mol. The lowest BCUT2D eigenvalue weighted by molar-refractivity contribution is -0.111. The highest BCUT2D eigenvalue weighted by atomic mass is 16.1. The van der Waals surface area contributed by atoms with Gasteiger partial charge in [0.25, 0.3) is 0 Å². The molecule has 96 valence electrons. The zero-order valence-corrected chi connectivity index (χ0v) is 11.2. The molecule has 0 aliphatic carbocycles. The number of anilines is 1. The Morgan fingerprint density at radius 2 is 1.47 bits per heavy atom. The van der Waals surface area contributed by atoms with Crippen LogP contribution in [0.15, 0.2) is 66.9 Å². The van der Waals surface area contributed by atoms with Crippen molar-refractivity contribution in [2.75, 3.05) is 11.9 Å². The van der Waals surface area contributed by atoms with Crippen molar-refractivity contribution >= 4 is 17.0 Å². The lowest BCUT2D eigenvalue weighted by Gasteiger charge is -2.16. The molecule has 0 aromatic heterocycles. The Hall–Kier alpha value is -2.35. The van der Waals surface area contributed by atoms with Gasteiger partial charge in [-0.3, -0.25) is 4.79 Å². The third-order valence-electron chi connectivity index (χ3n) is 2.95. The first-order chi connectivity index (χ1) is 9.18. The zero-order valence-electron chi connectivity index (χ0n) is 11.2. The SMILES string of the molecule is CC(=O)/C(=C/N(C)c1ccccc1)c1ccccc1. The van der Waals surface area contributed by atoms with Crippen LogP contribution >= 0.6 is 0 Å². The van der Waals surface area contributed by atoms with Crippen LogP contribution in [0.25, 0.3) is 5.57 Å². The number of Topliss-reactive ketones (excluding diaryl/α,β-unsaturated/α-hetero) is 1. The first kappa shape index (κ1) is 13.1. The Balaban J connectivity index is 2.35. The Morgan fingerprint density at radius 1 is 0.947 bits per heavy atom. The number of carbonyl (C=O) groups excluding carboxylic acids is 1. The fourth-order valence-corrected chi connectivity index (χ4v) is 1.92. The van der Waals surface area contributed by atoms with Crippen LogP contribution in [-0.4, -0.2) is 12.8 Å². The summed E-state index contributed by atoms with van der Waals surface area (Å²) in [6, 6.07) is 19.7. The molecule has 0 unspecified atom stereocenters. The average molecular weight is 251 g/mol. The van der Waals surface area contributed by atoms with Gasteiger partial charge in [0.2, 0.25) is 0 Å². The van der Waals surface area contributed by atoms with E-state index in [-0.39, 0.29) is 5.78 Å².